The van der Waals surface area contributed by atoms with Gasteiger partial charge in [-0.05, 0) is 30.9 Å². The molecule has 1 aliphatic carbocycles. The molecule has 3 heteroatoms. The smallest absolute Gasteiger partial charge is 0.146 e. The van der Waals surface area contributed by atoms with E-state index in [1.165, 1.54) is 25.3 Å². The molecule has 90 valence electrons. The van der Waals surface area contributed by atoms with E-state index in [0.29, 0.717) is 11.6 Å². The molecule has 1 saturated carbocycles. The van der Waals surface area contributed by atoms with E-state index in [1.807, 2.05) is 0 Å². The van der Waals surface area contributed by atoms with Gasteiger partial charge in [-0.1, -0.05) is 31.4 Å². The Morgan fingerprint density at radius 3 is 2.59 bits per heavy atom. The first-order chi connectivity index (χ1) is 8.31. The number of nitriles is 1. The Labute approximate surface area is 101 Å². The first-order valence-corrected chi connectivity index (χ1v) is 6.22. The molecule has 1 unspecified atom stereocenters. The Hall–Kier alpha value is -1.56. The predicted octanol–water partition coefficient (Wildman–Crippen LogP) is 3.71. The van der Waals surface area contributed by atoms with Crippen molar-refractivity contribution in [1.82, 2.24) is 0 Å². The standard InChI is InChI=1S/C14H17FN2/c15-12-8-4-5-9-13(12)17-14(10-16)11-6-2-1-3-7-11/h4-5,8-9,11,14,17H,1-3,6-7H2. The summed E-state index contributed by atoms with van der Waals surface area (Å²) in [6.07, 6.45) is 5.76. The summed E-state index contributed by atoms with van der Waals surface area (Å²) in [5.41, 5.74) is 0.435. The van der Waals surface area contributed by atoms with Crippen molar-refractivity contribution in [2.75, 3.05) is 5.32 Å². The van der Waals surface area contributed by atoms with Crippen molar-refractivity contribution in [2.24, 2.45) is 5.92 Å². The van der Waals surface area contributed by atoms with Gasteiger partial charge in [0.15, 0.2) is 0 Å². The number of benzene rings is 1. The van der Waals surface area contributed by atoms with Gasteiger partial charge in [0.25, 0.3) is 0 Å². The summed E-state index contributed by atoms with van der Waals surface area (Å²) >= 11 is 0. The molecule has 2 rings (SSSR count). The number of hydrogen-bond donors (Lipinski definition) is 1. The first-order valence-electron chi connectivity index (χ1n) is 6.22. The molecular formula is C14H17FN2. The van der Waals surface area contributed by atoms with Gasteiger partial charge in [-0.3, -0.25) is 0 Å². The second-order valence-corrected chi connectivity index (χ2v) is 4.63. The highest BCUT2D eigenvalue weighted by molar-refractivity contribution is 5.46. The van der Waals surface area contributed by atoms with Gasteiger partial charge >= 0.3 is 0 Å². The van der Waals surface area contributed by atoms with Gasteiger partial charge in [0.2, 0.25) is 0 Å². The van der Waals surface area contributed by atoms with Crippen LogP contribution in [0.3, 0.4) is 0 Å². The van der Waals surface area contributed by atoms with Crippen LogP contribution in [0, 0.1) is 23.1 Å². The Balaban J connectivity index is 2.05. The van der Waals surface area contributed by atoms with Crippen molar-refractivity contribution in [1.29, 1.82) is 5.26 Å². The van der Waals surface area contributed by atoms with E-state index in [0.717, 1.165) is 12.8 Å². The lowest BCUT2D eigenvalue weighted by Crippen LogP contribution is -2.29. The lowest BCUT2D eigenvalue weighted by atomic mass is 9.84. The van der Waals surface area contributed by atoms with Crippen molar-refractivity contribution in [3.8, 4) is 6.07 Å². The molecular weight excluding hydrogens is 215 g/mol. The Morgan fingerprint density at radius 2 is 1.94 bits per heavy atom. The number of nitrogens with zero attached hydrogens (tertiary/aromatic N) is 1. The zero-order valence-electron chi connectivity index (χ0n) is 9.82. The number of hydrogen-bond acceptors (Lipinski definition) is 2. The average molecular weight is 232 g/mol. The highest BCUT2D eigenvalue weighted by Gasteiger charge is 2.23. The first kappa shape index (κ1) is 11.9. The summed E-state index contributed by atoms with van der Waals surface area (Å²) < 4.78 is 13.5. The number of nitrogens with one attached hydrogen (secondary N) is 1. The molecule has 0 spiro atoms. The Kier molecular flexibility index (Phi) is 3.98. The Bertz CT molecular complexity index is 405. The Morgan fingerprint density at radius 1 is 1.24 bits per heavy atom. The minimum atomic E-state index is -0.288. The van der Waals surface area contributed by atoms with Crippen LogP contribution in [0.5, 0.6) is 0 Å². The van der Waals surface area contributed by atoms with Crippen LogP contribution in [0.25, 0.3) is 0 Å². The van der Waals surface area contributed by atoms with Gasteiger partial charge in [-0.2, -0.15) is 5.26 Å². The zero-order valence-corrected chi connectivity index (χ0v) is 9.82. The van der Waals surface area contributed by atoms with E-state index >= 15 is 0 Å². The summed E-state index contributed by atoms with van der Waals surface area (Å²) in [5, 5.41) is 12.2. The van der Waals surface area contributed by atoms with Crippen molar-refractivity contribution in [3.63, 3.8) is 0 Å². The third kappa shape index (κ3) is 2.97. The number of para-hydroxylation sites is 1. The van der Waals surface area contributed by atoms with Crippen LogP contribution in [0.2, 0.25) is 0 Å². The van der Waals surface area contributed by atoms with E-state index in [1.54, 1.807) is 18.2 Å². The second-order valence-electron chi connectivity index (χ2n) is 4.63. The highest BCUT2D eigenvalue weighted by atomic mass is 19.1. The van der Waals surface area contributed by atoms with Gasteiger partial charge in [-0.15, -0.1) is 0 Å². The van der Waals surface area contributed by atoms with Crippen LogP contribution in [-0.2, 0) is 0 Å². The topological polar surface area (TPSA) is 35.8 Å². The van der Waals surface area contributed by atoms with Gasteiger partial charge in [0.05, 0.1) is 11.8 Å². The molecule has 2 nitrogen and oxygen atoms in total. The van der Waals surface area contributed by atoms with Crippen LogP contribution in [-0.4, -0.2) is 6.04 Å². The molecule has 1 N–H and O–H groups in total. The number of anilines is 1. The van der Waals surface area contributed by atoms with E-state index < -0.39 is 0 Å². The average Bonchev–Trinajstić information content (AvgIpc) is 2.39. The van der Waals surface area contributed by atoms with Crippen molar-refractivity contribution >= 4 is 5.69 Å². The quantitative estimate of drug-likeness (QED) is 0.862. The molecule has 1 aromatic rings. The lowest BCUT2D eigenvalue weighted by Gasteiger charge is -2.27. The van der Waals surface area contributed by atoms with Gasteiger partial charge < -0.3 is 5.32 Å². The largest absolute Gasteiger partial charge is 0.367 e. The fraction of sp³-hybridized carbons (Fsp3) is 0.500. The summed E-state index contributed by atoms with van der Waals surface area (Å²) in [6.45, 7) is 0. The molecule has 1 atom stereocenters. The SMILES string of the molecule is N#CC(Nc1ccccc1F)C1CCCCC1. The van der Waals surface area contributed by atoms with E-state index in [2.05, 4.69) is 11.4 Å². The van der Waals surface area contributed by atoms with Crippen LogP contribution in [0.15, 0.2) is 24.3 Å². The van der Waals surface area contributed by atoms with Crippen LogP contribution in [0.1, 0.15) is 32.1 Å². The molecule has 17 heavy (non-hydrogen) atoms. The van der Waals surface area contributed by atoms with Gasteiger partial charge in [-0.25, -0.2) is 4.39 Å². The molecule has 0 aliphatic heterocycles. The minimum absolute atomic E-state index is 0.271. The predicted molar refractivity (Wildman–Crippen MR) is 66.0 cm³/mol. The second kappa shape index (κ2) is 5.67. The maximum absolute atomic E-state index is 13.5. The molecule has 1 aliphatic rings. The number of rotatable bonds is 3. The molecule has 0 heterocycles. The zero-order chi connectivity index (χ0) is 12.1. The molecule has 0 bridgehead atoms. The van der Waals surface area contributed by atoms with Crippen LogP contribution >= 0.6 is 0 Å². The van der Waals surface area contributed by atoms with E-state index in [-0.39, 0.29) is 11.9 Å². The van der Waals surface area contributed by atoms with E-state index in [9.17, 15) is 9.65 Å². The maximum Gasteiger partial charge on any atom is 0.146 e. The minimum Gasteiger partial charge on any atom is -0.367 e. The van der Waals surface area contributed by atoms with Crippen molar-refractivity contribution in [2.45, 2.75) is 38.1 Å². The molecule has 0 amide bonds. The maximum atomic E-state index is 13.5. The fourth-order valence-corrected chi connectivity index (χ4v) is 2.47. The number of halogens is 1. The monoisotopic (exact) mass is 232 g/mol. The normalized spacial score (nSPS) is 18.4. The van der Waals surface area contributed by atoms with Crippen LogP contribution < -0.4 is 5.32 Å². The molecule has 0 aromatic heterocycles. The molecule has 0 radical (unpaired) electrons. The summed E-state index contributed by atoms with van der Waals surface area (Å²) in [5.74, 6) is 0.0666. The molecule has 0 saturated heterocycles. The van der Waals surface area contributed by atoms with Crippen molar-refractivity contribution in [3.05, 3.63) is 30.1 Å². The summed E-state index contributed by atoms with van der Waals surface area (Å²) in [4.78, 5) is 0. The third-order valence-corrected chi connectivity index (χ3v) is 3.45. The molecule has 1 fully saturated rings. The van der Waals surface area contributed by atoms with Gasteiger partial charge in [0.1, 0.15) is 11.9 Å². The van der Waals surface area contributed by atoms with Crippen LogP contribution in [0.4, 0.5) is 10.1 Å². The third-order valence-electron chi connectivity index (χ3n) is 3.45. The lowest BCUT2D eigenvalue weighted by molar-refractivity contribution is 0.345. The van der Waals surface area contributed by atoms with Gasteiger partial charge in [0, 0.05) is 0 Å². The summed E-state index contributed by atoms with van der Waals surface area (Å²) in [6, 6.07) is 8.53. The molecule has 1 aromatic carbocycles. The van der Waals surface area contributed by atoms with E-state index in [4.69, 9.17) is 0 Å². The van der Waals surface area contributed by atoms with Crippen molar-refractivity contribution < 1.29 is 4.39 Å². The highest BCUT2D eigenvalue weighted by Crippen LogP contribution is 2.28. The summed E-state index contributed by atoms with van der Waals surface area (Å²) in [7, 11) is 0. The fourth-order valence-electron chi connectivity index (χ4n) is 2.47.